The Morgan fingerprint density at radius 1 is 1.03 bits per heavy atom. The molecule has 172 valence electrons. The molecule has 8 heteroatoms. The zero-order valence-corrected chi connectivity index (χ0v) is 18.9. The maximum Gasteiger partial charge on any atom is 0.433 e. The van der Waals surface area contributed by atoms with Crippen molar-refractivity contribution in [2.24, 2.45) is 5.92 Å². The number of likely N-dealkylation sites (N-methyl/N-ethyl adjacent to an activating group) is 1. The van der Waals surface area contributed by atoms with E-state index in [1.54, 1.807) is 12.3 Å². The van der Waals surface area contributed by atoms with Crippen molar-refractivity contribution < 1.29 is 13.2 Å². The Morgan fingerprint density at radius 2 is 1.75 bits per heavy atom. The lowest BCUT2D eigenvalue weighted by Gasteiger charge is -2.35. The Morgan fingerprint density at radius 3 is 2.44 bits per heavy atom. The van der Waals surface area contributed by atoms with E-state index in [1.807, 2.05) is 6.07 Å². The van der Waals surface area contributed by atoms with E-state index in [1.165, 1.54) is 11.6 Å². The molecule has 32 heavy (non-hydrogen) atoms. The van der Waals surface area contributed by atoms with Crippen LogP contribution in [0.2, 0.25) is 0 Å². The van der Waals surface area contributed by atoms with Gasteiger partial charge in [-0.1, -0.05) is 30.3 Å². The summed E-state index contributed by atoms with van der Waals surface area (Å²) in [5.41, 5.74) is 0.825. The molecule has 0 atom stereocenters. The largest absolute Gasteiger partial charge is 0.433 e. The smallest absolute Gasteiger partial charge is 0.356 e. The highest BCUT2D eigenvalue weighted by atomic mass is 35.5. The average Bonchev–Trinajstić information content (AvgIpc) is 2.77. The van der Waals surface area contributed by atoms with Gasteiger partial charge >= 0.3 is 6.18 Å². The number of hydrogen-bond acceptors (Lipinski definition) is 4. The van der Waals surface area contributed by atoms with Crippen molar-refractivity contribution >= 4 is 29.1 Å². The number of aromatic nitrogens is 2. The lowest BCUT2D eigenvalue weighted by molar-refractivity contribution is -0.140. The third-order valence-electron chi connectivity index (χ3n) is 5.99. The van der Waals surface area contributed by atoms with Crippen LogP contribution in [0.1, 0.15) is 24.1 Å². The zero-order chi connectivity index (χ0) is 21.8. The predicted octanol–water partition coefficient (Wildman–Crippen LogP) is 5.46. The molecule has 0 amide bonds. The van der Waals surface area contributed by atoms with Crippen molar-refractivity contribution in [2.75, 3.05) is 38.1 Å². The van der Waals surface area contributed by atoms with Crippen LogP contribution >= 0.6 is 12.4 Å². The van der Waals surface area contributed by atoms with Crippen LogP contribution in [-0.2, 0) is 12.6 Å². The van der Waals surface area contributed by atoms with Gasteiger partial charge in [-0.25, -0.2) is 9.97 Å². The van der Waals surface area contributed by atoms with E-state index in [0.29, 0.717) is 16.8 Å². The van der Waals surface area contributed by atoms with Gasteiger partial charge in [0.05, 0.1) is 5.52 Å². The van der Waals surface area contributed by atoms with Gasteiger partial charge in [-0.2, -0.15) is 13.2 Å². The van der Waals surface area contributed by atoms with Gasteiger partial charge in [-0.3, -0.25) is 0 Å². The van der Waals surface area contributed by atoms with Gasteiger partial charge in [-0.05, 0) is 56.0 Å². The minimum Gasteiger partial charge on any atom is -0.356 e. The molecule has 2 aromatic heterocycles. The molecule has 4 nitrogen and oxygen atoms in total. The highest BCUT2D eigenvalue weighted by Crippen LogP contribution is 2.32. The standard InChI is InChI=1S/C24H27F3N4.ClH/c1-30(14-10-18-5-3-2-4-6-18)17-19-11-15-31(16-12-19)23-20-7-8-22(24(25,26)27)29-21(20)9-13-28-23;/h2-9,13,19H,10-12,14-17H2,1H3;1H. The maximum absolute atomic E-state index is 13.0. The number of anilines is 1. The highest BCUT2D eigenvalue weighted by molar-refractivity contribution is 5.89. The third kappa shape index (κ3) is 5.90. The second-order valence-electron chi connectivity index (χ2n) is 8.32. The molecule has 0 unspecified atom stereocenters. The van der Waals surface area contributed by atoms with Crippen molar-refractivity contribution in [1.29, 1.82) is 0 Å². The Labute approximate surface area is 192 Å². The summed E-state index contributed by atoms with van der Waals surface area (Å²) in [6.07, 6.45) is 0.239. The van der Waals surface area contributed by atoms with Crippen LogP contribution in [0.5, 0.6) is 0 Å². The van der Waals surface area contributed by atoms with E-state index in [9.17, 15) is 13.2 Å². The molecular formula is C24H28ClF3N4. The fourth-order valence-corrected chi connectivity index (χ4v) is 4.27. The number of fused-ring (bicyclic) bond motifs is 1. The molecule has 0 N–H and O–H groups in total. The molecule has 1 aliphatic heterocycles. The first kappa shape index (κ1) is 24.3. The summed E-state index contributed by atoms with van der Waals surface area (Å²) in [6.45, 7) is 3.79. The monoisotopic (exact) mass is 464 g/mol. The maximum atomic E-state index is 13.0. The van der Waals surface area contributed by atoms with E-state index in [0.717, 1.165) is 57.3 Å². The Balaban J connectivity index is 0.00000289. The highest BCUT2D eigenvalue weighted by Gasteiger charge is 2.33. The van der Waals surface area contributed by atoms with Crippen LogP contribution in [0.25, 0.3) is 10.9 Å². The minimum atomic E-state index is -4.44. The van der Waals surface area contributed by atoms with E-state index in [2.05, 4.69) is 51.1 Å². The van der Waals surface area contributed by atoms with Crippen molar-refractivity contribution in [3.05, 3.63) is 66.0 Å². The third-order valence-corrected chi connectivity index (χ3v) is 5.99. The summed E-state index contributed by atoms with van der Waals surface area (Å²) < 4.78 is 38.9. The first-order chi connectivity index (χ1) is 14.9. The number of halogens is 4. The normalized spacial score (nSPS) is 15.2. The van der Waals surface area contributed by atoms with Crippen LogP contribution in [0.15, 0.2) is 54.7 Å². The zero-order valence-electron chi connectivity index (χ0n) is 18.1. The molecule has 0 radical (unpaired) electrons. The van der Waals surface area contributed by atoms with Gasteiger partial charge in [0.25, 0.3) is 0 Å². The molecule has 0 bridgehead atoms. The fourth-order valence-electron chi connectivity index (χ4n) is 4.27. The SMILES string of the molecule is CN(CCc1ccccc1)CC1CCN(c2nccc3nc(C(F)(F)F)ccc23)CC1.Cl. The Bertz CT molecular complexity index is 1010. The summed E-state index contributed by atoms with van der Waals surface area (Å²) >= 11 is 0. The van der Waals surface area contributed by atoms with E-state index < -0.39 is 11.9 Å². The Hall–Kier alpha value is -2.38. The van der Waals surface area contributed by atoms with E-state index in [4.69, 9.17) is 0 Å². The van der Waals surface area contributed by atoms with Crippen LogP contribution in [0.3, 0.4) is 0 Å². The summed E-state index contributed by atoms with van der Waals surface area (Å²) in [5, 5.41) is 0.675. The molecular weight excluding hydrogens is 437 g/mol. The predicted molar refractivity (Wildman–Crippen MR) is 124 cm³/mol. The Kier molecular flexibility index (Phi) is 7.96. The number of benzene rings is 1. The van der Waals surface area contributed by atoms with Crippen LogP contribution < -0.4 is 4.90 Å². The minimum absolute atomic E-state index is 0. The van der Waals surface area contributed by atoms with Gasteiger partial charge in [-0.15, -0.1) is 12.4 Å². The molecule has 0 aliphatic carbocycles. The van der Waals surface area contributed by atoms with Gasteiger partial charge < -0.3 is 9.80 Å². The number of rotatable bonds is 6. The van der Waals surface area contributed by atoms with Crippen molar-refractivity contribution in [3.63, 3.8) is 0 Å². The number of nitrogens with zero attached hydrogens (tertiary/aromatic N) is 4. The molecule has 4 rings (SSSR count). The van der Waals surface area contributed by atoms with Crippen LogP contribution in [0.4, 0.5) is 19.0 Å². The molecule has 1 aromatic carbocycles. The first-order valence-electron chi connectivity index (χ1n) is 10.7. The lowest BCUT2D eigenvalue weighted by atomic mass is 9.96. The van der Waals surface area contributed by atoms with Crippen LogP contribution in [0, 0.1) is 5.92 Å². The summed E-state index contributed by atoms with van der Waals surface area (Å²) in [5.74, 6) is 1.34. The number of pyridine rings is 2. The number of hydrogen-bond donors (Lipinski definition) is 0. The lowest BCUT2D eigenvalue weighted by Crippen LogP contribution is -2.38. The fraction of sp³-hybridized carbons (Fsp3) is 0.417. The molecule has 3 heterocycles. The molecule has 1 saturated heterocycles. The molecule has 0 saturated carbocycles. The average molecular weight is 465 g/mol. The summed E-state index contributed by atoms with van der Waals surface area (Å²) in [7, 11) is 2.17. The molecule has 1 fully saturated rings. The number of alkyl halides is 3. The summed E-state index contributed by atoms with van der Waals surface area (Å²) in [6, 6.07) is 14.6. The molecule has 1 aliphatic rings. The quantitative estimate of drug-likeness (QED) is 0.485. The molecule has 0 spiro atoms. The van der Waals surface area contributed by atoms with Crippen molar-refractivity contribution in [1.82, 2.24) is 14.9 Å². The van der Waals surface area contributed by atoms with Gasteiger partial charge in [0.15, 0.2) is 0 Å². The summed E-state index contributed by atoms with van der Waals surface area (Å²) in [4.78, 5) is 12.8. The second kappa shape index (κ2) is 10.5. The van der Waals surface area contributed by atoms with E-state index >= 15 is 0 Å². The first-order valence-corrected chi connectivity index (χ1v) is 10.7. The second-order valence-corrected chi connectivity index (χ2v) is 8.32. The van der Waals surface area contributed by atoms with Crippen molar-refractivity contribution in [3.8, 4) is 0 Å². The topological polar surface area (TPSA) is 32.3 Å². The van der Waals surface area contributed by atoms with Crippen LogP contribution in [-0.4, -0.2) is 48.1 Å². The number of piperidine rings is 1. The van der Waals surface area contributed by atoms with Gasteiger partial charge in [0.2, 0.25) is 0 Å². The van der Waals surface area contributed by atoms with Gasteiger partial charge in [0, 0.05) is 37.8 Å². The van der Waals surface area contributed by atoms with E-state index in [-0.39, 0.29) is 12.4 Å². The van der Waals surface area contributed by atoms with Crippen molar-refractivity contribution in [2.45, 2.75) is 25.4 Å². The van der Waals surface area contributed by atoms with Gasteiger partial charge in [0.1, 0.15) is 11.5 Å². The molecule has 3 aromatic rings.